The van der Waals surface area contributed by atoms with Gasteiger partial charge in [-0.25, -0.2) is 4.98 Å². The number of nitrogens with one attached hydrogen (secondary N) is 1. The van der Waals surface area contributed by atoms with E-state index in [2.05, 4.69) is 20.2 Å². The predicted octanol–water partition coefficient (Wildman–Crippen LogP) is 3.54. The maximum Gasteiger partial charge on any atom is 0.226 e. The zero-order valence-corrected chi connectivity index (χ0v) is 15.3. The fourth-order valence-electron chi connectivity index (χ4n) is 2.91. The van der Waals surface area contributed by atoms with E-state index in [1.165, 1.54) is 0 Å². The molecule has 1 aliphatic rings. The second-order valence-corrected chi connectivity index (χ2v) is 7.15. The minimum Gasteiger partial charge on any atom is -0.366 e. The molecule has 1 saturated heterocycles. The second kappa shape index (κ2) is 7.55. The molecule has 1 unspecified atom stereocenters. The molecule has 0 amide bonds. The van der Waals surface area contributed by atoms with Crippen LogP contribution in [0.3, 0.4) is 0 Å². The Kier molecular flexibility index (Phi) is 5.43. The number of nitrogens with zero attached hydrogens (tertiary/aromatic N) is 4. The third kappa shape index (κ3) is 4.50. The Hall–Kier alpha value is -1.56. The van der Waals surface area contributed by atoms with Crippen molar-refractivity contribution in [1.29, 1.82) is 0 Å². The predicted molar refractivity (Wildman–Crippen MR) is 100 cm³/mol. The van der Waals surface area contributed by atoms with Crippen molar-refractivity contribution in [3.63, 3.8) is 0 Å². The number of hydrogen-bond donors (Lipinski definition) is 1. The molecule has 128 valence electrons. The fraction of sp³-hybridized carbons (Fsp3) is 0.412. The SMILES string of the molecule is CN(C)c1nccc(NC2CCN(Cc3cc(Cl)cc(Cl)c3)C2)n1. The van der Waals surface area contributed by atoms with E-state index in [-0.39, 0.29) is 0 Å². The van der Waals surface area contributed by atoms with Gasteiger partial charge in [0, 0.05) is 56.0 Å². The van der Waals surface area contributed by atoms with Gasteiger partial charge in [0.1, 0.15) is 5.82 Å². The lowest BCUT2D eigenvalue weighted by Crippen LogP contribution is -2.26. The minimum atomic E-state index is 0.379. The standard InChI is InChI=1S/C17H21Cl2N5/c1-23(2)17-20-5-3-16(22-17)21-15-4-6-24(11-15)10-12-7-13(18)9-14(19)8-12/h3,5,7-9,15H,4,6,10-11H2,1-2H3,(H,20,21,22). The van der Waals surface area contributed by atoms with Crippen LogP contribution in [0.5, 0.6) is 0 Å². The number of halogens is 2. The van der Waals surface area contributed by atoms with Crippen LogP contribution < -0.4 is 10.2 Å². The molecular weight excluding hydrogens is 345 g/mol. The molecule has 0 radical (unpaired) electrons. The van der Waals surface area contributed by atoms with E-state index in [4.69, 9.17) is 23.2 Å². The first-order valence-corrected chi connectivity index (χ1v) is 8.69. The normalized spacial score (nSPS) is 17.9. The van der Waals surface area contributed by atoms with Crippen LogP contribution in [0.4, 0.5) is 11.8 Å². The Balaban J connectivity index is 1.58. The van der Waals surface area contributed by atoms with Gasteiger partial charge < -0.3 is 10.2 Å². The largest absolute Gasteiger partial charge is 0.366 e. The smallest absolute Gasteiger partial charge is 0.226 e. The van der Waals surface area contributed by atoms with Crippen LogP contribution in [-0.4, -0.2) is 48.1 Å². The van der Waals surface area contributed by atoms with Crippen LogP contribution in [0.25, 0.3) is 0 Å². The number of rotatable bonds is 5. The molecule has 0 bridgehead atoms. The van der Waals surface area contributed by atoms with E-state index in [9.17, 15) is 0 Å². The molecule has 1 aromatic heterocycles. The molecule has 5 nitrogen and oxygen atoms in total. The highest BCUT2D eigenvalue weighted by Gasteiger charge is 2.23. The van der Waals surface area contributed by atoms with Gasteiger partial charge in [-0.3, -0.25) is 4.90 Å². The molecule has 7 heteroatoms. The zero-order chi connectivity index (χ0) is 17.1. The summed E-state index contributed by atoms with van der Waals surface area (Å²) < 4.78 is 0. The van der Waals surface area contributed by atoms with Crippen LogP contribution in [-0.2, 0) is 6.54 Å². The number of hydrogen-bond acceptors (Lipinski definition) is 5. The molecule has 1 aromatic carbocycles. The van der Waals surface area contributed by atoms with Crippen molar-refractivity contribution in [2.45, 2.75) is 19.0 Å². The first-order valence-electron chi connectivity index (χ1n) is 7.94. The summed E-state index contributed by atoms with van der Waals surface area (Å²) in [4.78, 5) is 13.1. The number of anilines is 2. The summed E-state index contributed by atoms with van der Waals surface area (Å²) in [5.41, 5.74) is 1.14. The molecule has 1 N–H and O–H groups in total. The van der Waals surface area contributed by atoms with E-state index < -0.39 is 0 Å². The van der Waals surface area contributed by atoms with E-state index in [1.807, 2.05) is 37.2 Å². The van der Waals surface area contributed by atoms with Crippen molar-refractivity contribution < 1.29 is 0 Å². The van der Waals surface area contributed by atoms with Crippen molar-refractivity contribution >= 4 is 35.0 Å². The van der Waals surface area contributed by atoms with E-state index in [1.54, 1.807) is 12.3 Å². The molecule has 1 aliphatic heterocycles. The molecule has 24 heavy (non-hydrogen) atoms. The van der Waals surface area contributed by atoms with E-state index in [0.29, 0.717) is 22.0 Å². The lowest BCUT2D eigenvalue weighted by molar-refractivity contribution is 0.328. The molecule has 0 spiro atoms. The monoisotopic (exact) mass is 365 g/mol. The number of likely N-dealkylation sites (tertiary alicyclic amines) is 1. The van der Waals surface area contributed by atoms with Crippen LogP contribution >= 0.6 is 23.2 Å². The summed E-state index contributed by atoms with van der Waals surface area (Å²) in [5, 5.41) is 4.87. The van der Waals surface area contributed by atoms with Gasteiger partial charge in [-0.2, -0.15) is 4.98 Å². The molecule has 2 heterocycles. The summed E-state index contributed by atoms with van der Waals surface area (Å²) in [6.45, 7) is 2.85. The third-order valence-electron chi connectivity index (χ3n) is 4.00. The van der Waals surface area contributed by atoms with Crippen molar-refractivity contribution in [1.82, 2.24) is 14.9 Å². The van der Waals surface area contributed by atoms with Gasteiger partial charge in [0.2, 0.25) is 5.95 Å². The Labute approximate surface area is 152 Å². The highest BCUT2D eigenvalue weighted by atomic mass is 35.5. The maximum absolute atomic E-state index is 6.08. The fourth-order valence-corrected chi connectivity index (χ4v) is 3.48. The lowest BCUT2D eigenvalue weighted by Gasteiger charge is -2.18. The maximum atomic E-state index is 6.08. The first-order chi connectivity index (χ1) is 11.5. The summed E-state index contributed by atoms with van der Waals surface area (Å²) >= 11 is 12.2. The number of aromatic nitrogens is 2. The molecular formula is C17H21Cl2N5. The van der Waals surface area contributed by atoms with Crippen LogP contribution in [0, 0.1) is 0 Å². The Morgan fingerprint density at radius 3 is 2.71 bits per heavy atom. The molecule has 3 rings (SSSR count). The summed E-state index contributed by atoms with van der Waals surface area (Å²) in [6.07, 6.45) is 2.86. The summed E-state index contributed by atoms with van der Waals surface area (Å²) in [7, 11) is 3.87. The second-order valence-electron chi connectivity index (χ2n) is 6.28. The van der Waals surface area contributed by atoms with Gasteiger partial charge in [-0.1, -0.05) is 23.2 Å². The Morgan fingerprint density at radius 2 is 2.00 bits per heavy atom. The third-order valence-corrected chi connectivity index (χ3v) is 4.43. The molecule has 0 saturated carbocycles. The van der Waals surface area contributed by atoms with Crippen molar-refractivity contribution in [2.75, 3.05) is 37.4 Å². The van der Waals surface area contributed by atoms with E-state index in [0.717, 1.165) is 37.4 Å². The van der Waals surface area contributed by atoms with Crippen molar-refractivity contribution in [3.05, 3.63) is 46.1 Å². The molecule has 2 aromatic rings. The van der Waals surface area contributed by atoms with Gasteiger partial charge in [0.05, 0.1) is 0 Å². The van der Waals surface area contributed by atoms with Crippen LogP contribution in [0.15, 0.2) is 30.5 Å². The molecule has 0 aliphatic carbocycles. The van der Waals surface area contributed by atoms with Gasteiger partial charge in [-0.15, -0.1) is 0 Å². The van der Waals surface area contributed by atoms with Crippen molar-refractivity contribution in [2.24, 2.45) is 0 Å². The zero-order valence-electron chi connectivity index (χ0n) is 13.8. The highest BCUT2D eigenvalue weighted by molar-refractivity contribution is 6.34. The lowest BCUT2D eigenvalue weighted by atomic mass is 10.2. The topological polar surface area (TPSA) is 44.3 Å². The first kappa shape index (κ1) is 17.3. The molecule has 1 fully saturated rings. The summed E-state index contributed by atoms with van der Waals surface area (Å²) in [6, 6.07) is 8.00. The minimum absolute atomic E-state index is 0.379. The quantitative estimate of drug-likeness (QED) is 0.877. The van der Waals surface area contributed by atoms with Gasteiger partial charge in [0.15, 0.2) is 0 Å². The average Bonchev–Trinajstić information content (AvgIpc) is 2.93. The van der Waals surface area contributed by atoms with Crippen molar-refractivity contribution in [3.8, 4) is 0 Å². The van der Waals surface area contributed by atoms with Crippen LogP contribution in [0.2, 0.25) is 10.0 Å². The highest BCUT2D eigenvalue weighted by Crippen LogP contribution is 2.22. The van der Waals surface area contributed by atoms with Gasteiger partial charge in [-0.05, 0) is 36.2 Å². The van der Waals surface area contributed by atoms with Gasteiger partial charge in [0.25, 0.3) is 0 Å². The summed E-state index contributed by atoms with van der Waals surface area (Å²) in [5.74, 6) is 1.58. The van der Waals surface area contributed by atoms with Gasteiger partial charge >= 0.3 is 0 Å². The Morgan fingerprint density at radius 1 is 1.25 bits per heavy atom. The molecule has 1 atom stereocenters. The van der Waals surface area contributed by atoms with E-state index >= 15 is 0 Å². The number of benzene rings is 1. The average molecular weight is 366 g/mol. The van der Waals surface area contributed by atoms with Crippen LogP contribution in [0.1, 0.15) is 12.0 Å². The Bertz CT molecular complexity index is 687.